The Morgan fingerprint density at radius 2 is 1.93 bits per heavy atom. The van der Waals surface area contributed by atoms with E-state index < -0.39 is 6.10 Å². The van der Waals surface area contributed by atoms with Crippen molar-refractivity contribution in [2.24, 2.45) is 0 Å². The molecule has 1 aromatic rings. The molecule has 15 heavy (non-hydrogen) atoms. The normalized spacial score (nSPS) is 12.1. The van der Waals surface area contributed by atoms with Gasteiger partial charge in [-0.25, -0.2) is 0 Å². The van der Waals surface area contributed by atoms with Crippen molar-refractivity contribution in [1.29, 1.82) is 5.26 Å². The van der Waals surface area contributed by atoms with Crippen molar-refractivity contribution in [2.75, 3.05) is 13.2 Å². The average molecular weight is 246 g/mol. The fraction of sp³-hybridized carbons (Fsp3) is 0.300. The second-order valence-electron chi connectivity index (χ2n) is 2.81. The highest BCUT2D eigenvalue weighted by molar-refractivity contribution is 6.34. The third-order valence-electron chi connectivity index (χ3n) is 1.68. The molecule has 5 heteroatoms. The summed E-state index contributed by atoms with van der Waals surface area (Å²) >= 11 is 11.6. The van der Waals surface area contributed by atoms with Gasteiger partial charge in [-0.1, -0.05) is 23.2 Å². The lowest BCUT2D eigenvalue weighted by molar-refractivity contribution is 0.0581. The molecule has 0 aromatic heterocycles. The maximum Gasteiger partial charge on any atom is 0.169 e. The van der Waals surface area contributed by atoms with E-state index in [9.17, 15) is 0 Å². The van der Waals surface area contributed by atoms with Crippen molar-refractivity contribution in [3.8, 4) is 6.07 Å². The SMILES string of the molecule is N#CC(OCCO)c1cc(Cl)cc(Cl)c1. The fourth-order valence-corrected chi connectivity index (χ4v) is 1.65. The minimum atomic E-state index is -0.756. The minimum absolute atomic E-state index is 0.0996. The standard InChI is InChI=1S/C10H9Cl2NO2/c11-8-3-7(4-9(12)5-8)10(6-13)15-2-1-14/h3-5,10,14H,1-2H2. The summed E-state index contributed by atoms with van der Waals surface area (Å²) < 4.78 is 5.11. The molecule has 0 aliphatic heterocycles. The van der Waals surface area contributed by atoms with Gasteiger partial charge in [0.05, 0.1) is 19.3 Å². The Morgan fingerprint density at radius 1 is 1.33 bits per heavy atom. The summed E-state index contributed by atoms with van der Waals surface area (Å²) in [6.07, 6.45) is -0.756. The van der Waals surface area contributed by atoms with E-state index in [4.69, 9.17) is 38.3 Å². The summed E-state index contributed by atoms with van der Waals surface area (Å²) in [4.78, 5) is 0. The van der Waals surface area contributed by atoms with Crippen LogP contribution in [0, 0.1) is 11.3 Å². The third-order valence-corrected chi connectivity index (χ3v) is 2.12. The molecule has 0 aliphatic rings. The van der Waals surface area contributed by atoms with E-state index >= 15 is 0 Å². The van der Waals surface area contributed by atoms with Gasteiger partial charge in [-0.3, -0.25) is 0 Å². The molecule has 0 aliphatic carbocycles. The van der Waals surface area contributed by atoms with Crippen LogP contribution in [0.1, 0.15) is 11.7 Å². The molecule has 1 N–H and O–H groups in total. The van der Waals surface area contributed by atoms with Crippen LogP contribution >= 0.6 is 23.2 Å². The molecule has 1 rings (SSSR count). The van der Waals surface area contributed by atoms with Crippen LogP contribution in [-0.2, 0) is 4.74 Å². The second-order valence-corrected chi connectivity index (χ2v) is 3.68. The zero-order chi connectivity index (χ0) is 11.3. The first kappa shape index (κ1) is 12.3. The highest BCUT2D eigenvalue weighted by atomic mass is 35.5. The van der Waals surface area contributed by atoms with Crippen molar-refractivity contribution in [1.82, 2.24) is 0 Å². The fourth-order valence-electron chi connectivity index (χ4n) is 1.11. The van der Waals surface area contributed by atoms with E-state index in [-0.39, 0.29) is 13.2 Å². The van der Waals surface area contributed by atoms with Crippen molar-refractivity contribution >= 4 is 23.2 Å². The molecule has 0 radical (unpaired) electrons. The van der Waals surface area contributed by atoms with Crippen molar-refractivity contribution in [2.45, 2.75) is 6.10 Å². The van der Waals surface area contributed by atoms with E-state index in [0.29, 0.717) is 15.6 Å². The molecule has 1 unspecified atom stereocenters. The average Bonchev–Trinajstić information content (AvgIpc) is 2.17. The van der Waals surface area contributed by atoms with Gasteiger partial charge in [-0.15, -0.1) is 0 Å². The molecule has 80 valence electrons. The summed E-state index contributed by atoms with van der Waals surface area (Å²) in [6, 6.07) is 6.75. The Bertz CT molecular complexity index is 356. The van der Waals surface area contributed by atoms with Crippen molar-refractivity contribution < 1.29 is 9.84 Å². The second kappa shape index (κ2) is 5.94. The Kier molecular flexibility index (Phi) is 4.86. The molecule has 0 amide bonds. The zero-order valence-electron chi connectivity index (χ0n) is 7.78. The predicted molar refractivity (Wildman–Crippen MR) is 57.9 cm³/mol. The summed E-state index contributed by atoms with van der Waals surface area (Å²) in [7, 11) is 0. The number of aliphatic hydroxyl groups excluding tert-OH is 1. The number of ether oxygens (including phenoxy) is 1. The van der Waals surface area contributed by atoms with Gasteiger partial charge in [0.1, 0.15) is 0 Å². The highest BCUT2D eigenvalue weighted by Gasteiger charge is 2.11. The van der Waals surface area contributed by atoms with E-state index in [1.807, 2.05) is 6.07 Å². The molecule has 0 saturated heterocycles. The number of nitrogens with zero attached hydrogens (tertiary/aromatic N) is 1. The van der Waals surface area contributed by atoms with Gasteiger partial charge in [0.15, 0.2) is 6.10 Å². The molecule has 1 aromatic carbocycles. The minimum Gasteiger partial charge on any atom is -0.394 e. The maximum absolute atomic E-state index is 8.85. The number of rotatable bonds is 4. The van der Waals surface area contributed by atoms with Crippen molar-refractivity contribution in [3.05, 3.63) is 33.8 Å². The van der Waals surface area contributed by atoms with Gasteiger partial charge in [-0.05, 0) is 23.8 Å². The van der Waals surface area contributed by atoms with Gasteiger partial charge in [0.25, 0.3) is 0 Å². The zero-order valence-corrected chi connectivity index (χ0v) is 9.29. The first-order valence-electron chi connectivity index (χ1n) is 4.25. The van der Waals surface area contributed by atoms with Crippen LogP contribution < -0.4 is 0 Å². The highest BCUT2D eigenvalue weighted by Crippen LogP contribution is 2.25. The summed E-state index contributed by atoms with van der Waals surface area (Å²) in [5.41, 5.74) is 0.587. The van der Waals surface area contributed by atoms with Crippen LogP contribution in [-0.4, -0.2) is 18.3 Å². The number of hydrogen-bond donors (Lipinski definition) is 1. The Morgan fingerprint density at radius 3 is 2.40 bits per heavy atom. The van der Waals surface area contributed by atoms with Gasteiger partial charge < -0.3 is 9.84 Å². The summed E-state index contributed by atoms with van der Waals surface area (Å²) in [5, 5.41) is 18.3. The van der Waals surface area contributed by atoms with Gasteiger partial charge in [0, 0.05) is 10.0 Å². The number of nitriles is 1. The lowest BCUT2D eigenvalue weighted by atomic mass is 10.1. The monoisotopic (exact) mass is 245 g/mol. The lowest BCUT2D eigenvalue weighted by Crippen LogP contribution is -2.06. The van der Waals surface area contributed by atoms with Crippen LogP contribution in [0.25, 0.3) is 0 Å². The van der Waals surface area contributed by atoms with Crippen molar-refractivity contribution in [3.63, 3.8) is 0 Å². The number of halogens is 2. The molecule has 3 nitrogen and oxygen atoms in total. The van der Waals surface area contributed by atoms with Crippen LogP contribution in [0.4, 0.5) is 0 Å². The van der Waals surface area contributed by atoms with E-state index in [1.165, 1.54) is 0 Å². The molecule has 0 spiro atoms. The van der Waals surface area contributed by atoms with E-state index in [0.717, 1.165) is 0 Å². The van der Waals surface area contributed by atoms with Crippen LogP contribution in [0.2, 0.25) is 10.0 Å². The topological polar surface area (TPSA) is 53.2 Å². The molecule has 0 saturated carbocycles. The van der Waals surface area contributed by atoms with E-state index in [2.05, 4.69) is 0 Å². The summed E-state index contributed by atoms with van der Waals surface area (Å²) in [5.74, 6) is 0. The summed E-state index contributed by atoms with van der Waals surface area (Å²) in [6.45, 7) is -0.0329. The molecular weight excluding hydrogens is 237 g/mol. The van der Waals surface area contributed by atoms with Crippen LogP contribution in [0.3, 0.4) is 0 Å². The maximum atomic E-state index is 8.85. The Balaban J connectivity index is 2.87. The first-order valence-corrected chi connectivity index (χ1v) is 5.01. The largest absolute Gasteiger partial charge is 0.394 e. The first-order chi connectivity index (χ1) is 7.17. The van der Waals surface area contributed by atoms with Crippen LogP contribution in [0.15, 0.2) is 18.2 Å². The molecule has 0 fully saturated rings. The predicted octanol–water partition coefficient (Wildman–Crippen LogP) is 2.57. The number of benzene rings is 1. The van der Waals surface area contributed by atoms with Gasteiger partial charge >= 0.3 is 0 Å². The van der Waals surface area contributed by atoms with Gasteiger partial charge in [0.2, 0.25) is 0 Å². The lowest BCUT2D eigenvalue weighted by Gasteiger charge is -2.10. The third kappa shape index (κ3) is 3.69. The quantitative estimate of drug-likeness (QED) is 0.888. The number of hydrogen-bond acceptors (Lipinski definition) is 3. The Hall–Kier alpha value is -0.790. The van der Waals surface area contributed by atoms with Crippen LogP contribution in [0.5, 0.6) is 0 Å². The molecule has 1 atom stereocenters. The molecular formula is C10H9Cl2NO2. The smallest absolute Gasteiger partial charge is 0.169 e. The molecule has 0 heterocycles. The number of aliphatic hydroxyl groups is 1. The van der Waals surface area contributed by atoms with E-state index in [1.54, 1.807) is 18.2 Å². The Labute approximate surface area is 97.8 Å². The van der Waals surface area contributed by atoms with Gasteiger partial charge in [-0.2, -0.15) is 5.26 Å². The molecule has 0 bridgehead atoms.